The van der Waals surface area contributed by atoms with Crippen molar-refractivity contribution in [1.29, 1.82) is 0 Å². The van der Waals surface area contributed by atoms with E-state index in [0.29, 0.717) is 5.02 Å². The van der Waals surface area contributed by atoms with Crippen LogP contribution in [0.2, 0.25) is 10.0 Å². The van der Waals surface area contributed by atoms with Gasteiger partial charge in [-0.1, -0.05) is 23.2 Å². The van der Waals surface area contributed by atoms with Gasteiger partial charge in [0.05, 0.1) is 9.92 Å². The van der Waals surface area contributed by atoms with Gasteiger partial charge in [-0.25, -0.2) is 4.21 Å². The second-order valence-corrected chi connectivity index (χ2v) is 3.61. The van der Waals surface area contributed by atoms with E-state index < -0.39 is 11.1 Å². The molecule has 0 aliphatic heterocycles. The third-order valence-electron chi connectivity index (χ3n) is 1.08. The summed E-state index contributed by atoms with van der Waals surface area (Å²) in [5, 5.41) is 0.655. The van der Waals surface area contributed by atoms with Crippen molar-refractivity contribution >= 4 is 34.3 Å². The van der Waals surface area contributed by atoms with Gasteiger partial charge in [0.15, 0.2) is 11.1 Å². The molecule has 0 fully saturated rings. The first-order valence-electron chi connectivity index (χ1n) is 2.67. The Balaban J connectivity index is 0. The number of halogens is 2. The molecule has 0 aliphatic rings. The third-order valence-corrected chi connectivity index (χ3v) is 2.47. The van der Waals surface area contributed by atoms with Crippen LogP contribution in [0.4, 0.5) is 0 Å². The summed E-state index contributed by atoms with van der Waals surface area (Å²) < 4.78 is 19.2. The van der Waals surface area contributed by atoms with Crippen LogP contribution in [0.1, 0.15) is 1.43 Å². The van der Waals surface area contributed by atoms with Gasteiger partial charge in [0, 0.05) is 5.02 Å². The van der Waals surface area contributed by atoms with Crippen LogP contribution in [-0.2, 0) is 11.1 Å². The Morgan fingerprint density at radius 2 is 2.00 bits per heavy atom. The molecule has 12 heavy (non-hydrogen) atoms. The summed E-state index contributed by atoms with van der Waals surface area (Å²) in [6.07, 6.45) is 0. The first-order valence-corrected chi connectivity index (χ1v) is 4.53. The minimum absolute atomic E-state index is 0. The second kappa shape index (κ2) is 5.60. The van der Waals surface area contributed by atoms with E-state index in [4.69, 9.17) is 27.8 Å². The molecule has 1 unspecified atom stereocenters. The zero-order chi connectivity index (χ0) is 8.43. The average molecular weight is 235 g/mol. The molecule has 0 aliphatic carbocycles. The predicted molar refractivity (Wildman–Crippen MR) is 46.6 cm³/mol. The molecule has 1 aromatic rings. The van der Waals surface area contributed by atoms with Crippen molar-refractivity contribution in [3.05, 3.63) is 28.2 Å². The molecule has 0 amide bonds. The van der Waals surface area contributed by atoms with Crippen molar-refractivity contribution in [2.24, 2.45) is 0 Å². The molecule has 1 rings (SSSR count). The van der Waals surface area contributed by atoms with Gasteiger partial charge in [-0.15, -0.1) is 0 Å². The molecule has 0 saturated carbocycles. The van der Waals surface area contributed by atoms with Crippen molar-refractivity contribution in [2.45, 2.75) is 4.90 Å². The van der Waals surface area contributed by atoms with Crippen molar-refractivity contribution in [2.75, 3.05) is 0 Å². The van der Waals surface area contributed by atoms with Crippen LogP contribution in [0.5, 0.6) is 0 Å². The smallest absolute Gasteiger partial charge is 1.00 e. The van der Waals surface area contributed by atoms with Gasteiger partial charge in [-0.3, -0.25) is 0 Å². The van der Waals surface area contributed by atoms with E-state index in [2.05, 4.69) is 0 Å². The zero-order valence-electron chi connectivity index (χ0n) is 7.25. The van der Waals surface area contributed by atoms with Crippen molar-refractivity contribution in [3.63, 3.8) is 0 Å². The van der Waals surface area contributed by atoms with Crippen molar-refractivity contribution in [3.8, 4) is 0 Å². The molecule has 2 nitrogen and oxygen atoms in total. The summed E-state index contributed by atoms with van der Waals surface area (Å²) >= 11 is 9.10. The second-order valence-electron chi connectivity index (χ2n) is 1.82. The first-order chi connectivity index (χ1) is 5.11. The van der Waals surface area contributed by atoms with Crippen LogP contribution in [0.25, 0.3) is 0 Å². The molecule has 1 atom stereocenters. The summed E-state index contributed by atoms with van der Waals surface area (Å²) in [5.41, 5.74) is 0. The monoisotopic (exact) mass is 234 g/mol. The van der Waals surface area contributed by atoms with Gasteiger partial charge in [-0.05, 0) is 18.2 Å². The van der Waals surface area contributed by atoms with E-state index in [-0.39, 0.29) is 40.9 Å². The van der Waals surface area contributed by atoms with Crippen LogP contribution < -0.4 is 29.6 Å². The fourth-order valence-corrected chi connectivity index (χ4v) is 1.63. The van der Waals surface area contributed by atoms with Crippen LogP contribution in [0.15, 0.2) is 23.1 Å². The minimum Gasteiger partial charge on any atom is -1.00 e. The average Bonchev–Trinajstić information content (AvgIpc) is 1.85. The molecule has 0 saturated heterocycles. The van der Waals surface area contributed by atoms with Crippen molar-refractivity contribution in [1.82, 2.24) is 0 Å². The summed E-state index contributed by atoms with van der Waals surface area (Å²) in [5.74, 6) is 0. The Bertz CT molecular complexity index is 311. The SMILES string of the molecule is O=S(O)c1ccc(Cl)cc1Cl.[H-].[Na+]. The normalized spacial score (nSPS) is 11.9. The fourth-order valence-electron chi connectivity index (χ4n) is 0.617. The van der Waals surface area contributed by atoms with Crippen LogP contribution in [0, 0.1) is 0 Å². The van der Waals surface area contributed by atoms with Gasteiger partial charge in [0.1, 0.15) is 0 Å². The number of hydrogen-bond acceptors (Lipinski definition) is 1. The number of hydrogen-bond donors (Lipinski definition) is 1. The minimum atomic E-state index is -2.04. The van der Waals surface area contributed by atoms with E-state index in [9.17, 15) is 4.21 Å². The molecule has 0 radical (unpaired) electrons. The van der Waals surface area contributed by atoms with Gasteiger partial charge in [0.2, 0.25) is 0 Å². The molecule has 0 bridgehead atoms. The summed E-state index contributed by atoms with van der Waals surface area (Å²) in [6, 6.07) is 4.35. The summed E-state index contributed by atoms with van der Waals surface area (Å²) in [4.78, 5) is 0.177. The van der Waals surface area contributed by atoms with E-state index in [1.165, 1.54) is 18.2 Å². The molecule has 0 aromatic heterocycles. The third kappa shape index (κ3) is 3.34. The number of rotatable bonds is 1. The molecule has 0 spiro atoms. The molecule has 1 aromatic carbocycles. The van der Waals surface area contributed by atoms with Gasteiger partial charge in [0.25, 0.3) is 0 Å². The van der Waals surface area contributed by atoms with E-state index in [1.807, 2.05) is 0 Å². The van der Waals surface area contributed by atoms with Crippen LogP contribution >= 0.6 is 23.2 Å². The maximum absolute atomic E-state index is 10.5. The summed E-state index contributed by atoms with van der Waals surface area (Å²) in [6.45, 7) is 0. The molecule has 62 valence electrons. The van der Waals surface area contributed by atoms with Gasteiger partial charge in [-0.2, -0.15) is 0 Å². The zero-order valence-corrected chi connectivity index (χ0v) is 10.6. The maximum atomic E-state index is 10.5. The molecule has 6 heteroatoms. The quantitative estimate of drug-likeness (QED) is 0.535. The molecular formula is C6H5Cl2NaO2S. The molecular weight excluding hydrogens is 230 g/mol. The standard InChI is InChI=1S/C6H4Cl2O2S.Na.H/c7-4-1-2-6(11(9)10)5(8)3-4;;/h1-3H,(H,9,10);;/q;+1;-1. The maximum Gasteiger partial charge on any atom is 1.00 e. The summed E-state index contributed by atoms with van der Waals surface area (Å²) in [7, 11) is 0. The van der Waals surface area contributed by atoms with Gasteiger partial charge >= 0.3 is 29.6 Å². The van der Waals surface area contributed by atoms with Crippen molar-refractivity contribution < 1.29 is 39.7 Å². The van der Waals surface area contributed by atoms with Crippen LogP contribution in [-0.4, -0.2) is 8.76 Å². The Hall–Kier alpha value is 0.910. The number of benzene rings is 1. The predicted octanol–water partition coefficient (Wildman–Crippen LogP) is -0.309. The Morgan fingerprint density at radius 3 is 2.42 bits per heavy atom. The Morgan fingerprint density at radius 1 is 1.42 bits per heavy atom. The molecule has 0 heterocycles. The van der Waals surface area contributed by atoms with Gasteiger partial charge < -0.3 is 5.98 Å². The fraction of sp³-hybridized carbons (Fsp3) is 0. The molecule has 1 N–H and O–H groups in total. The van der Waals surface area contributed by atoms with E-state index >= 15 is 0 Å². The first kappa shape index (κ1) is 12.9. The largest absolute Gasteiger partial charge is 1.00 e. The topological polar surface area (TPSA) is 37.3 Å². The Kier molecular flexibility index (Phi) is 6.03. The van der Waals surface area contributed by atoms with Crippen LogP contribution in [0.3, 0.4) is 0 Å². The van der Waals surface area contributed by atoms with E-state index in [0.717, 1.165) is 0 Å². The Labute approximate surface area is 106 Å². The van der Waals surface area contributed by atoms with E-state index in [1.54, 1.807) is 0 Å².